The van der Waals surface area contributed by atoms with Crippen LogP contribution in [0.25, 0.3) is 0 Å². The zero-order valence-corrected chi connectivity index (χ0v) is 13.3. The summed E-state index contributed by atoms with van der Waals surface area (Å²) in [5.41, 5.74) is 0. The monoisotopic (exact) mass is 344 g/mol. The highest BCUT2D eigenvalue weighted by molar-refractivity contribution is 9.10. The lowest BCUT2D eigenvalue weighted by Crippen LogP contribution is -2.50. The van der Waals surface area contributed by atoms with Crippen LogP contribution in [0.1, 0.15) is 13.3 Å². The zero-order valence-electron chi connectivity index (χ0n) is 11.7. The van der Waals surface area contributed by atoms with Gasteiger partial charge in [0.25, 0.3) is 0 Å². The second-order valence-corrected chi connectivity index (χ2v) is 6.12. The van der Waals surface area contributed by atoms with Crippen molar-refractivity contribution in [1.82, 2.24) is 19.6 Å². The second-order valence-electron chi connectivity index (χ2n) is 5.20. The molecule has 2 rings (SSSR count). The first-order valence-corrected chi connectivity index (χ1v) is 7.70. The molecule has 0 saturated carbocycles. The fourth-order valence-corrected chi connectivity index (χ4v) is 2.71. The number of carbonyl (C=O) groups excluding carboxylic acids is 1. The largest absolute Gasteiger partial charge is 0.392 e. The summed E-state index contributed by atoms with van der Waals surface area (Å²) in [6.07, 6.45) is 3.76. The Morgan fingerprint density at radius 2 is 2.15 bits per heavy atom. The molecule has 1 amide bonds. The Balaban J connectivity index is 1.72. The molecule has 20 heavy (non-hydrogen) atoms. The van der Waals surface area contributed by atoms with Crippen molar-refractivity contribution in [3.05, 3.63) is 16.9 Å². The molecule has 2 heterocycles. The van der Waals surface area contributed by atoms with E-state index < -0.39 is 0 Å². The van der Waals surface area contributed by atoms with Gasteiger partial charge in [-0.05, 0) is 22.9 Å². The van der Waals surface area contributed by atoms with Crippen molar-refractivity contribution < 1.29 is 9.90 Å². The van der Waals surface area contributed by atoms with Crippen molar-refractivity contribution >= 4 is 21.8 Å². The first-order chi connectivity index (χ1) is 9.54. The Hall–Kier alpha value is -0.920. The molecule has 0 aromatic carbocycles. The van der Waals surface area contributed by atoms with E-state index in [-0.39, 0.29) is 12.0 Å². The average Bonchev–Trinajstić information content (AvgIpc) is 2.82. The molecule has 1 aliphatic rings. The van der Waals surface area contributed by atoms with E-state index in [2.05, 4.69) is 25.9 Å². The smallest absolute Gasteiger partial charge is 0.224 e. The number of amides is 1. The Kier molecular flexibility index (Phi) is 5.56. The summed E-state index contributed by atoms with van der Waals surface area (Å²) in [5, 5.41) is 13.5. The van der Waals surface area contributed by atoms with Gasteiger partial charge in [-0.1, -0.05) is 0 Å². The van der Waals surface area contributed by atoms with Crippen LogP contribution in [0.2, 0.25) is 0 Å². The molecule has 1 aromatic rings. The Bertz CT molecular complexity index is 441. The predicted octanol–water partition coefficient (Wildman–Crippen LogP) is 0.561. The summed E-state index contributed by atoms with van der Waals surface area (Å²) < 4.78 is 2.70. The molecule has 1 aliphatic heterocycles. The van der Waals surface area contributed by atoms with Crippen molar-refractivity contribution in [3.8, 4) is 0 Å². The lowest BCUT2D eigenvalue weighted by Gasteiger charge is -2.35. The number of aromatic nitrogens is 2. The fourth-order valence-electron chi connectivity index (χ4n) is 2.38. The number of hydrogen-bond acceptors (Lipinski definition) is 4. The molecule has 1 atom stereocenters. The van der Waals surface area contributed by atoms with Crippen molar-refractivity contribution in [1.29, 1.82) is 0 Å². The highest BCUT2D eigenvalue weighted by Crippen LogP contribution is 2.08. The second kappa shape index (κ2) is 7.19. The van der Waals surface area contributed by atoms with Crippen LogP contribution in [-0.2, 0) is 11.3 Å². The van der Waals surface area contributed by atoms with E-state index in [0.717, 1.165) is 30.7 Å². The summed E-state index contributed by atoms with van der Waals surface area (Å²) >= 11 is 3.34. The van der Waals surface area contributed by atoms with Gasteiger partial charge in [0.1, 0.15) is 0 Å². The Labute approximate surface area is 127 Å². The van der Waals surface area contributed by atoms with Crippen molar-refractivity contribution in [2.75, 3.05) is 32.7 Å². The minimum atomic E-state index is -0.310. The summed E-state index contributed by atoms with van der Waals surface area (Å²) in [7, 11) is 0. The van der Waals surface area contributed by atoms with Gasteiger partial charge in [-0.25, -0.2) is 0 Å². The third kappa shape index (κ3) is 4.57. The van der Waals surface area contributed by atoms with Crippen molar-refractivity contribution in [2.24, 2.45) is 0 Å². The molecule has 1 N–H and O–H groups in total. The SMILES string of the molecule is C[C@H](O)CN1CCN(C(=O)CCn2cc(Br)cn2)CC1. The van der Waals surface area contributed by atoms with Crippen LogP contribution in [-0.4, -0.2) is 69.4 Å². The Morgan fingerprint density at radius 1 is 1.45 bits per heavy atom. The molecule has 0 spiro atoms. The van der Waals surface area contributed by atoms with Crippen LogP contribution >= 0.6 is 15.9 Å². The quantitative estimate of drug-likeness (QED) is 0.847. The lowest BCUT2D eigenvalue weighted by molar-refractivity contribution is -0.133. The van der Waals surface area contributed by atoms with E-state index in [1.54, 1.807) is 17.8 Å². The first-order valence-electron chi connectivity index (χ1n) is 6.91. The first kappa shape index (κ1) is 15.5. The maximum Gasteiger partial charge on any atom is 0.224 e. The van der Waals surface area contributed by atoms with Crippen LogP contribution in [0.5, 0.6) is 0 Å². The number of β-amino-alcohol motifs (C(OH)–C–C–N with tert-alkyl or cyclic N) is 1. The van der Waals surface area contributed by atoms with Gasteiger partial charge in [-0.2, -0.15) is 5.10 Å². The maximum atomic E-state index is 12.1. The minimum Gasteiger partial charge on any atom is -0.392 e. The van der Waals surface area contributed by atoms with Gasteiger partial charge in [0.05, 0.1) is 16.8 Å². The standard InChI is InChI=1S/C13H21BrN4O2/c1-11(19)9-16-4-6-17(7-5-16)13(20)2-3-18-10-12(14)8-15-18/h8,10-11,19H,2-7,9H2,1H3/t11-/m0/s1. The summed E-state index contributed by atoms with van der Waals surface area (Å²) in [6.45, 7) is 6.25. The number of nitrogens with zero attached hydrogens (tertiary/aromatic N) is 4. The van der Waals surface area contributed by atoms with E-state index in [0.29, 0.717) is 19.5 Å². The van der Waals surface area contributed by atoms with Crippen LogP contribution in [0.4, 0.5) is 0 Å². The number of halogens is 1. The normalized spacial score (nSPS) is 18.2. The van der Waals surface area contributed by atoms with Gasteiger partial charge < -0.3 is 10.0 Å². The third-order valence-electron chi connectivity index (χ3n) is 3.40. The molecule has 6 nitrogen and oxygen atoms in total. The highest BCUT2D eigenvalue weighted by atomic mass is 79.9. The molecule has 7 heteroatoms. The molecule has 1 fully saturated rings. The van der Waals surface area contributed by atoms with E-state index in [1.807, 2.05) is 11.1 Å². The molecule has 0 aliphatic carbocycles. The summed E-state index contributed by atoms with van der Waals surface area (Å²) in [4.78, 5) is 16.2. The molecular weight excluding hydrogens is 324 g/mol. The fraction of sp³-hybridized carbons (Fsp3) is 0.692. The van der Waals surface area contributed by atoms with E-state index in [4.69, 9.17) is 0 Å². The van der Waals surface area contributed by atoms with Gasteiger partial charge >= 0.3 is 0 Å². The molecular formula is C13H21BrN4O2. The van der Waals surface area contributed by atoms with Crippen LogP contribution in [0.15, 0.2) is 16.9 Å². The Morgan fingerprint density at radius 3 is 2.70 bits per heavy atom. The van der Waals surface area contributed by atoms with Crippen molar-refractivity contribution in [2.45, 2.75) is 26.0 Å². The van der Waals surface area contributed by atoms with Gasteiger partial charge in [0.15, 0.2) is 0 Å². The van der Waals surface area contributed by atoms with E-state index >= 15 is 0 Å². The number of carbonyl (C=O) groups is 1. The highest BCUT2D eigenvalue weighted by Gasteiger charge is 2.21. The minimum absolute atomic E-state index is 0.174. The van der Waals surface area contributed by atoms with Crippen molar-refractivity contribution in [3.63, 3.8) is 0 Å². The van der Waals surface area contributed by atoms with Gasteiger partial charge in [-0.3, -0.25) is 14.4 Å². The van der Waals surface area contributed by atoms with E-state index in [9.17, 15) is 9.90 Å². The summed E-state index contributed by atoms with van der Waals surface area (Å²) in [6, 6.07) is 0. The average molecular weight is 345 g/mol. The molecule has 0 bridgehead atoms. The molecule has 0 radical (unpaired) electrons. The molecule has 0 unspecified atom stereocenters. The predicted molar refractivity (Wildman–Crippen MR) is 79.2 cm³/mol. The summed E-state index contributed by atoms with van der Waals surface area (Å²) in [5.74, 6) is 0.174. The van der Waals surface area contributed by atoms with Crippen LogP contribution in [0.3, 0.4) is 0 Å². The molecule has 1 saturated heterocycles. The third-order valence-corrected chi connectivity index (χ3v) is 3.81. The number of aliphatic hydroxyl groups is 1. The number of aliphatic hydroxyl groups excluding tert-OH is 1. The molecule has 112 valence electrons. The van der Waals surface area contributed by atoms with Crippen LogP contribution in [0, 0.1) is 0 Å². The molecule has 1 aromatic heterocycles. The van der Waals surface area contributed by atoms with Gasteiger partial charge in [0.2, 0.25) is 5.91 Å². The maximum absolute atomic E-state index is 12.1. The van der Waals surface area contributed by atoms with Crippen LogP contribution < -0.4 is 0 Å². The topological polar surface area (TPSA) is 61.6 Å². The van der Waals surface area contributed by atoms with E-state index in [1.165, 1.54) is 0 Å². The lowest BCUT2D eigenvalue weighted by atomic mass is 10.2. The zero-order chi connectivity index (χ0) is 14.5. The van der Waals surface area contributed by atoms with Gasteiger partial charge in [0, 0.05) is 51.9 Å². The van der Waals surface area contributed by atoms with Gasteiger partial charge in [-0.15, -0.1) is 0 Å². The number of hydrogen-bond donors (Lipinski definition) is 1. The number of aryl methyl sites for hydroxylation is 1. The number of rotatable bonds is 5. The number of piperazine rings is 1.